The smallest absolute Gasteiger partial charge is 0.198 e. The lowest BCUT2D eigenvalue weighted by Gasteiger charge is -2.27. The van der Waals surface area contributed by atoms with Crippen molar-refractivity contribution in [2.24, 2.45) is 0 Å². The number of morpholine rings is 1. The van der Waals surface area contributed by atoms with E-state index in [9.17, 15) is 0 Å². The molecule has 0 radical (unpaired) electrons. The Morgan fingerprint density at radius 1 is 1.29 bits per heavy atom. The Balaban J connectivity index is 2.12. The van der Waals surface area contributed by atoms with Gasteiger partial charge in [0, 0.05) is 13.1 Å². The predicted molar refractivity (Wildman–Crippen MR) is 66.3 cm³/mol. The van der Waals surface area contributed by atoms with E-state index in [2.05, 4.69) is 35.9 Å². The van der Waals surface area contributed by atoms with E-state index in [1.165, 1.54) is 0 Å². The van der Waals surface area contributed by atoms with Crippen LogP contribution in [0.3, 0.4) is 0 Å². The van der Waals surface area contributed by atoms with Crippen molar-refractivity contribution in [3.8, 4) is 0 Å². The van der Waals surface area contributed by atoms with Gasteiger partial charge in [-0.25, -0.2) is 14.5 Å². The Hall–Kier alpha value is -1.21. The summed E-state index contributed by atoms with van der Waals surface area (Å²) in [4.78, 5) is 11.1. The van der Waals surface area contributed by atoms with Crippen LogP contribution in [0.15, 0.2) is 10.8 Å². The van der Waals surface area contributed by atoms with E-state index in [0.717, 1.165) is 48.2 Å². The van der Waals surface area contributed by atoms with E-state index in [0.29, 0.717) is 0 Å². The Kier molecular flexibility index (Phi) is 2.71. The molecule has 17 heavy (non-hydrogen) atoms. The SMILES string of the molecule is Cc1nc2c(N3CCOCC3)nc(Br)cn2n1. The van der Waals surface area contributed by atoms with Gasteiger partial charge >= 0.3 is 0 Å². The number of fused-ring (bicyclic) bond motifs is 1. The third-order valence-electron chi connectivity index (χ3n) is 2.69. The molecular formula is C10H12BrN5O. The molecule has 0 saturated carbocycles. The number of anilines is 1. The Labute approximate surface area is 107 Å². The molecule has 3 heterocycles. The molecule has 1 saturated heterocycles. The zero-order valence-electron chi connectivity index (χ0n) is 9.43. The van der Waals surface area contributed by atoms with E-state index in [1.54, 1.807) is 4.52 Å². The Bertz CT molecular complexity index is 549. The minimum Gasteiger partial charge on any atom is -0.378 e. The predicted octanol–water partition coefficient (Wildman–Crippen LogP) is 1.03. The average molecular weight is 298 g/mol. The number of hydrogen-bond donors (Lipinski definition) is 0. The van der Waals surface area contributed by atoms with Gasteiger partial charge in [0.2, 0.25) is 0 Å². The average Bonchev–Trinajstić information content (AvgIpc) is 2.69. The van der Waals surface area contributed by atoms with Crippen LogP contribution in [0.2, 0.25) is 0 Å². The summed E-state index contributed by atoms with van der Waals surface area (Å²) in [6.45, 7) is 5.01. The fourth-order valence-electron chi connectivity index (χ4n) is 1.94. The molecule has 2 aromatic heterocycles. The first kappa shape index (κ1) is 10.9. The fraction of sp³-hybridized carbons (Fsp3) is 0.500. The number of aryl methyl sites for hydroxylation is 1. The van der Waals surface area contributed by atoms with Crippen LogP contribution in [0.1, 0.15) is 5.82 Å². The number of ether oxygens (including phenoxy) is 1. The molecule has 0 atom stereocenters. The molecule has 0 bridgehead atoms. The second-order valence-corrected chi connectivity index (χ2v) is 4.73. The van der Waals surface area contributed by atoms with Gasteiger partial charge in [-0.1, -0.05) is 0 Å². The molecule has 1 fully saturated rings. The van der Waals surface area contributed by atoms with Gasteiger partial charge in [-0.15, -0.1) is 0 Å². The molecule has 0 N–H and O–H groups in total. The summed E-state index contributed by atoms with van der Waals surface area (Å²) < 4.78 is 7.87. The van der Waals surface area contributed by atoms with E-state index in [4.69, 9.17) is 4.74 Å². The quantitative estimate of drug-likeness (QED) is 0.787. The van der Waals surface area contributed by atoms with Gasteiger partial charge in [-0.2, -0.15) is 5.10 Å². The summed E-state index contributed by atoms with van der Waals surface area (Å²) in [5.74, 6) is 1.61. The number of halogens is 1. The van der Waals surface area contributed by atoms with Crippen molar-refractivity contribution >= 4 is 27.4 Å². The second kappa shape index (κ2) is 4.23. The molecule has 1 aliphatic rings. The number of rotatable bonds is 1. The zero-order chi connectivity index (χ0) is 11.8. The first-order chi connectivity index (χ1) is 8.24. The first-order valence-corrected chi connectivity index (χ1v) is 6.25. The highest BCUT2D eigenvalue weighted by molar-refractivity contribution is 9.10. The van der Waals surface area contributed by atoms with E-state index >= 15 is 0 Å². The van der Waals surface area contributed by atoms with Crippen molar-refractivity contribution in [2.45, 2.75) is 6.92 Å². The molecular weight excluding hydrogens is 286 g/mol. The van der Waals surface area contributed by atoms with Crippen LogP contribution >= 0.6 is 15.9 Å². The van der Waals surface area contributed by atoms with Crippen molar-refractivity contribution in [3.05, 3.63) is 16.6 Å². The lowest BCUT2D eigenvalue weighted by molar-refractivity contribution is 0.122. The minimum atomic E-state index is 0.730. The van der Waals surface area contributed by atoms with E-state index < -0.39 is 0 Å². The molecule has 90 valence electrons. The van der Waals surface area contributed by atoms with Gasteiger partial charge in [0.25, 0.3) is 0 Å². The number of aromatic nitrogens is 4. The normalized spacial score (nSPS) is 16.7. The molecule has 7 heteroatoms. The van der Waals surface area contributed by atoms with Crippen LogP contribution in [0, 0.1) is 6.92 Å². The maximum atomic E-state index is 5.34. The van der Waals surface area contributed by atoms with Crippen molar-refractivity contribution in [1.82, 2.24) is 19.6 Å². The van der Waals surface area contributed by atoms with Crippen LogP contribution < -0.4 is 4.90 Å². The molecule has 0 amide bonds. The molecule has 0 unspecified atom stereocenters. The summed E-state index contributed by atoms with van der Waals surface area (Å²) in [5.41, 5.74) is 0.799. The Morgan fingerprint density at radius 3 is 2.82 bits per heavy atom. The summed E-state index contributed by atoms with van der Waals surface area (Å²) in [5, 5.41) is 4.31. The lowest BCUT2D eigenvalue weighted by Crippen LogP contribution is -2.37. The summed E-state index contributed by atoms with van der Waals surface area (Å²) in [6, 6.07) is 0. The standard InChI is InChI=1S/C10H12BrN5O/c1-7-12-10-9(15-2-4-17-5-3-15)13-8(11)6-16(10)14-7/h6H,2-5H2,1H3. The van der Waals surface area contributed by atoms with Gasteiger partial charge in [-0.3, -0.25) is 0 Å². The fourth-order valence-corrected chi connectivity index (χ4v) is 2.30. The first-order valence-electron chi connectivity index (χ1n) is 5.46. The highest BCUT2D eigenvalue weighted by Gasteiger charge is 2.18. The summed E-state index contributed by atoms with van der Waals surface area (Å²) in [6.07, 6.45) is 1.82. The maximum absolute atomic E-state index is 5.34. The van der Waals surface area contributed by atoms with Gasteiger partial charge in [-0.05, 0) is 22.9 Å². The molecule has 6 nitrogen and oxygen atoms in total. The summed E-state index contributed by atoms with van der Waals surface area (Å²) >= 11 is 3.40. The zero-order valence-corrected chi connectivity index (χ0v) is 11.0. The highest BCUT2D eigenvalue weighted by Crippen LogP contribution is 2.21. The van der Waals surface area contributed by atoms with Gasteiger partial charge in [0.15, 0.2) is 11.5 Å². The van der Waals surface area contributed by atoms with Crippen molar-refractivity contribution in [2.75, 3.05) is 31.2 Å². The largest absolute Gasteiger partial charge is 0.378 e. The number of nitrogens with zero attached hydrogens (tertiary/aromatic N) is 5. The van der Waals surface area contributed by atoms with Crippen LogP contribution in [0.25, 0.3) is 5.65 Å². The molecule has 2 aromatic rings. The van der Waals surface area contributed by atoms with Crippen LogP contribution in [0.5, 0.6) is 0 Å². The molecule has 0 spiro atoms. The van der Waals surface area contributed by atoms with Crippen molar-refractivity contribution < 1.29 is 4.74 Å². The second-order valence-electron chi connectivity index (χ2n) is 3.91. The third-order valence-corrected chi connectivity index (χ3v) is 3.07. The van der Waals surface area contributed by atoms with Crippen LogP contribution in [-0.4, -0.2) is 45.9 Å². The lowest BCUT2D eigenvalue weighted by atomic mass is 10.4. The summed E-state index contributed by atoms with van der Waals surface area (Å²) in [7, 11) is 0. The maximum Gasteiger partial charge on any atom is 0.198 e. The molecule has 1 aliphatic heterocycles. The topological polar surface area (TPSA) is 55.5 Å². The number of hydrogen-bond acceptors (Lipinski definition) is 5. The van der Waals surface area contributed by atoms with E-state index in [1.807, 2.05) is 13.1 Å². The third kappa shape index (κ3) is 2.00. The van der Waals surface area contributed by atoms with Crippen molar-refractivity contribution in [1.29, 1.82) is 0 Å². The Morgan fingerprint density at radius 2 is 2.06 bits per heavy atom. The molecule has 0 aliphatic carbocycles. The van der Waals surface area contributed by atoms with Gasteiger partial charge < -0.3 is 9.64 Å². The minimum absolute atomic E-state index is 0.730. The van der Waals surface area contributed by atoms with Gasteiger partial charge in [0.05, 0.1) is 19.4 Å². The van der Waals surface area contributed by atoms with Crippen LogP contribution in [-0.2, 0) is 4.74 Å². The monoisotopic (exact) mass is 297 g/mol. The van der Waals surface area contributed by atoms with Gasteiger partial charge in [0.1, 0.15) is 10.4 Å². The van der Waals surface area contributed by atoms with E-state index in [-0.39, 0.29) is 0 Å². The van der Waals surface area contributed by atoms with Crippen LogP contribution in [0.4, 0.5) is 5.82 Å². The van der Waals surface area contributed by atoms with Crippen molar-refractivity contribution in [3.63, 3.8) is 0 Å². The molecule has 3 rings (SSSR count). The highest BCUT2D eigenvalue weighted by atomic mass is 79.9. The molecule has 0 aromatic carbocycles.